The summed E-state index contributed by atoms with van der Waals surface area (Å²) in [6.45, 7) is 5.91. The number of halogens is 1. The molecule has 3 heterocycles. The molecular formula is C15H17BrN6O. The van der Waals surface area contributed by atoms with Gasteiger partial charge in [-0.1, -0.05) is 0 Å². The fourth-order valence-electron chi connectivity index (χ4n) is 2.27. The van der Waals surface area contributed by atoms with Gasteiger partial charge in [-0.15, -0.1) is 5.10 Å². The van der Waals surface area contributed by atoms with Crippen molar-refractivity contribution in [1.82, 2.24) is 19.4 Å². The van der Waals surface area contributed by atoms with Crippen molar-refractivity contribution < 1.29 is 4.79 Å². The molecule has 0 atom stereocenters. The van der Waals surface area contributed by atoms with Crippen LogP contribution in [0.5, 0.6) is 0 Å². The van der Waals surface area contributed by atoms with Crippen molar-refractivity contribution >= 4 is 39.0 Å². The smallest absolute Gasteiger partial charge is 0.262 e. The van der Waals surface area contributed by atoms with Crippen molar-refractivity contribution in [2.75, 3.05) is 11.1 Å². The Labute approximate surface area is 141 Å². The average molecular weight is 377 g/mol. The van der Waals surface area contributed by atoms with Crippen LogP contribution in [0.4, 0.5) is 11.6 Å². The van der Waals surface area contributed by atoms with E-state index >= 15 is 0 Å². The van der Waals surface area contributed by atoms with E-state index in [1.54, 1.807) is 15.3 Å². The van der Waals surface area contributed by atoms with E-state index in [0.717, 1.165) is 9.99 Å². The summed E-state index contributed by atoms with van der Waals surface area (Å²) < 4.78 is 4.21. The Morgan fingerprint density at radius 1 is 1.35 bits per heavy atom. The first-order valence-electron chi connectivity index (χ1n) is 7.06. The van der Waals surface area contributed by atoms with Gasteiger partial charge in [0.05, 0.1) is 17.3 Å². The van der Waals surface area contributed by atoms with Gasteiger partial charge in [0.2, 0.25) is 0 Å². The molecule has 3 rings (SSSR count). The number of carbonyl (C=O) groups is 1. The minimum Gasteiger partial charge on any atom is -0.383 e. The van der Waals surface area contributed by atoms with Crippen molar-refractivity contribution in [2.24, 2.45) is 0 Å². The molecule has 3 aromatic heterocycles. The van der Waals surface area contributed by atoms with E-state index < -0.39 is 0 Å². The summed E-state index contributed by atoms with van der Waals surface area (Å²) in [5.74, 6) is 0.456. The number of nitrogen functional groups attached to an aromatic ring is 1. The third-order valence-electron chi connectivity index (χ3n) is 3.35. The van der Waals surface area contributed by atoms with E-state index in [2.05, 4.69) is 31.4 Å². The monoisotopic (exact) mass is 376 g/mol. The van der Waals surface area contributed by atoms with Crippen molar-refractivity contribution in [1.29, 1.82) is 0 Å². The van der Waals surface area contributed by atoms with Gasteiger partial charge in [-0.25, -0.2) is 9.20 Å². The molecule has 3 aromatic rings. The van der Waals surface area contributed by atoms with E-state index in [4.69, 9.17) is 5.73 Å². The largest absolute Gasteiger partial charge is 0.383 e. The minimum atomic E-state index is -0.333. The number of fused-ring (bicyclic) bond motifs is 1. The van der Waals surface area contributed by atoms with Gasteiger partial charge in [-0.2, -0.15) is 5.10 Å². The summed E-state index contributed by atoms with van der Waals surface area (Å²) >= 11 is 3.38. The lowest BCUT2D eigenvalue weighted by molar-refractivity contribution is 0.102. The molecule has 0 bridgehead atoms. The highest BCUT2D eigenvalue weighted by molar-refractivity contribution is 9.10. The number of carbonyl (C=O) groups excluding carboxylic acids is 1. The topological polar surface area (TPSA) is 90.2 Å². The van der Waals surface area contributed by atoms with Gasteiger partial charge in [0.15, 0.2) is 5.82 Å². The van der Waals surface area contributed by atoms with Crippen LogP contribution in [0.2, 0.25) is 0 Å². The zero-order valence-electron chi connectivity index (χ0n) is 13.0. The Bertz CT molecular complexity index is 889. The third kappa shape index (κ3) is 2.94. The lowest BCUT2D eigenvalue weighted by Gasteiger charge is -2.20. The molecule has 0 aliphatic heterocycles. The van der Waals surface area contributed by atoms with Gasteiger partial charge >= 0.3 is 0 Å². The summed E-state index contributed by atoms with van der Waals surface area (Å²) in [7, 11) is 0. The Kier molecular flexibility index (Phi) is 3.63. The molecule has 0 aliphatic carbocycles. The summed E-state index contributed by atoms with van der Waals surface area (Å²) in [5.41, 5.74) is 6.96. The van der Waals surface area contributed by atoms with Crippen molar-refractivity contribution in [3.05, 3.63) is 40.6 Å². The molecule has 0 spiro atoms. The summed E-state index contributed by atoms with van der Waals surface area (Å²) in [6, 6.07) is 5.60. The number of rotatable bonds is 2. The Morgan fingerprint density at radius 2 is 2.09 bits per heavy atom. The first-order valence-corrected chi connectivity index (χ1v) is 7.85. The number of aromatic nitrogens is 4. The second-order valence-electron chi connectivity index (χ2n) is 6.23. The summed E-state index contributed by atoms with van der Waals surface area (Å²) in [5, 5.41) is 11.3. The number of nitrogens with one attached hydrogen (secondary N) is 1. The summed E-state index contributed by atoms with van der Waals surface area (Å²) in [6.07, 6.45) is 3.29. The van der Waals surface area contributed by atoms with E-state index in [9.17, 15) is 4.79 Å². The van der Waals surface area contributed by atoms with Crippen molar-refractivity contribution in [3.63, 3.8) is 0 Å². The molecule has 1 amide bonds. The molecule has 0 saturated carbocycles. The number of hydrogen-bond donors (Lipinski definition) is 2. The molecule has 0 aromatic carbocycles. The molecule has 7 nitrogen and oxygen atoms in total. The maximum atomic E-state index is 12.4. The van der Waals surface area contributed by atoms with Crippen LogP contribution in [-0.2, 0) is 5.54 Å². The zero-order chi connectivity index (χ0) is 16.8. The number of nitrogens with zero attached hydrogens (tertiary/aromatic N) is 4. The fraction of sp³-hybridized carbons (Fsp3) is 0.267. The SMILES string of the molecule is CC(C)(C)n1ncc(C(=O)Nc2cc3ccc(Br)cn3n2)c1N. The van der Waals surface area contributed by atoms with Crippen LogP contribution in [-0.4, -0.2) is 25.3 Å². The van der Waals surface area contributed by atoms with Crippen LogP contribution >= 0.6 is 15.9 Å². The highest BCUT2D eigenvalue weighted by atomic mass is 79.9. The normalized spacial score (nSPS) is 11.8. The molecule has 120 valence electrons. The lowest BCUT2D eigenvalue weighted by atomic mass is 10.1. The molecule has 0 aliphatic rings. The Morgan fingerprint density at radius 3 is 2.74 bits per heavy atom. The maximum absolute atomic E-state index is 12.4. The first-order chi connectivity index (χ1) is 10.8. The minimum absolute atomic E-state index is 0.294. The maximum Gasteiger partial charge on any atom is 0.262 e. The van der Waals surface area contributed by atoms with Crippen LogP contribution < -0.4 is 11.1 Å². The van der Waals surface area contributed by atoms with Crippen LogP contribution in [0.15, 0.2) is 35.1 Å². The molecule has 3 N–H and O–H groups in total. The van der Waals surface area contributed by atoms with Gasteiger partial charge in [0.25, 0.3) is 5.91 Å². The number of nitrogens with two attached hydrogens (primary N) is 1. The van der Waals surface area contributed by atoms with Gasteiger partial charge in [-0.3, -0.25) is 4.79 Å². The molecule has 0 saturated heterocycles. The van der Waals surface area contributed by atoms with Crippen LogP contribution in [0.1, 0.15) is 31.1 Å². The summed E-state index contributed by atoms with van der Waals surface area (Å²) in [4.78, 5) is 12.4. The second-order valence-corrected chi connectivity index (χ2v) is 7.14. The molecule has 0 unspecified atom stereocenters. The molecule has 0 fully saturated rings. The third-order valence-corrected chi connectivity index (χ3v) is 3.82. The molecule has 0 radical (unpaired) electrons. The first kappa shape index (κ1) is 15.5. The van der Waals surface area contributed by atoms with Gasteiger partial charge < -0.3 is 11.1 Å². The highest BCUT2D eigenvalue weighted by Crippen LogP contribution is 2.22. The van der Waals surface area contributed by atoms with E-state index in [1.807, 2.05) is 39.1 Å². The Hall–Kier alpha value is -2.35. The average Bonchev–Trinajstić information content (AvgIpc) is 3.00. The number of pyridine rings is 1. The van der Waals surface area contributed by atoms with Crippen molar-refractivity contribution in [3.8, 4) is 0 Å². The predicted molar refractivity (Wildman–Crippen MR) is 92.5 cm³/mol. The van der Waals surface area contributed by atoms with Crippen LogP contribution in [0.25, 0.3) is 5.52 Å². The quantitative estimate of drug-likeness (QED) is 0.719. The van der Waals surface area contributed by atoms with Gasteiger partial charge in [-0.05, 0) is 48.8 Å². The van der Waals surface area contributed by atoms with Crippen molar-refractivity contribution in [2.45, 2.75) is 26.3 Å². The molecular weight excluding hydrogens is 360 g/mol. The standard InChI is InChI=1S/C15H17BrN6O/c1-15(2,3)22-13(17)11(7-18-22)14(23)19-12-6-10-5-4-9(16)8-21(10)20-12/h4-8H,17H2,1-3H3,(H,19,20,23). The predicted octanol–water partition coefficient (Wildman–Crippen LogP) is 2.88. The van der Waals surface area contributed by atoms with Crippen LogP contribution in [0, 0.1) is 0 Å². The van der Waals surface area contributed by atoms with E-state index in [-0.39, 0.29) is 11.4 Å². The number of amides is 1. The zero-order valence-corrected chi connectivity index (χ0v) is 14.6. The van der Waals surface area contributed by atoms with E-state index in [1.165, 1.54) is 6.20 Å². The fourth-order valence-corrected chi connectivity index (χ4v) is 2.60. The van der Waals surface area contributed by atoms with Gasteiger partial charge in [0, 0.05) is 16.7 Å². The number of anilines is 2. The van der Waals surface area contributed by atoms with E-state index in [0.29, 0.717) is 17.2 Å². The highest BCUT2D eigenvalue weighted by Gasteiger charge is 2.22. The number of hydrogen-bond acceptors (Lipinski definition) is 4. The molecule has 23 heavy (non-hydrogen) atoms. The lowest BCUT2D eigenvalue weighted by Crippen LogP contribution is -2.25. The molecule has 8 heteroatoms. The second kappa shape index (κ2) is 5.38. The van der Waals surface area contributed by atoms with Crippen LogP contribution in [0.3, 0.4) is 0 Å². The van der Waals surface area contributed by atoms with Gasteiger partial charge in [0.1, 0.15) is 11.4 Å². The Balaban J connectivity index is 1.87.